The van der Waals surface area contributed by atoms with Crippen molar-refractivity contribution in [2.75, 3.05) is 0 Å². The predicted molar refractivity (Wildman–Crippen MR) is 76.7 cm³/mol. The molecular formula is C13H11ClOS2. The van der Waals surface area contributed by atoms with Gasteiger partial charge in [0.05, 0.1) is 0 Å². The Labute approximate surface area is 113 Å². The van der Waals surface area contributed by atoms with E-state index in [2.05, 4.69) is 0 Å². The van der Waals surface area contributed by atoms with Crippen LogP contribution in [0.25, 0.3) is 6.08 Å². The van der Waals surface area contributed by atoms with Crippen molar-refractivity contribution in [2.24, 2.45) is 0 Å². The minimum Gasteiger partial charge on any atom is -0.612 e. The van der Waals surface area contributed by atoms with E-state index < -0.39 is 11.2 Å². The van der Waals surface area contributed by atoms with Crippen molar-refractivity contribution in [1.29, 1.82) is 0 Å². The molecule has 0 saturated heterocycles. The van der Waals surface area contributed by atoms with Crippen LogP contribution in [0.4, 0.5) is 0 Å². The van der Waals surface area contributed by atoms with Crippen LogP contribution in [0.5, 0.6) is 0 Å². The highest BCUT2D eigenvalue weighted by molar-refractivity contribution is 7.93. The molecule has 2 rings (SSSR count). The molecule has 0 amide bonds. The Morgan fingerprint density at radius 3 is 2.65 bits per heavy atom. The van der Waals surface area contributed by atoms with Gasteiger partial charge in [0.25, 0.3) is 0 Å². The van der Waals surface area contributed by atoms with E-state index in [1.165, 1.54) is 0 Å². The SMILES string of the molecule is [O-][S+](/C=C/c1cccs1)Cc1ccc(Cl)cc1. The lowest BCUT2D eigenvalue weighted by molar-refractivity contribution is 0.603. The molecule has 2 aromatic rings. The first kappa shape index (κ1) is 12.7. The number of benzene rings is 1. The fourth-order valence-corrected chi connectivity index (χ4v) is 3.07. The highest BCUT2D eigenvalue weighted by Crippen LogP contribution is 2.15. The van der Waals surface area contributed by atoms with Crippen LogP contribution in [-0.4, -0.2) is 4.55 Å². The highest BCUT2D eigenvalue weighted by Gasteiger charge is 2.03. The molecule has 0 saturated carbocycles. The molecule has 1 unspecified atom stereocenters. The standard InChI is InChI=1S/C13H11ClOS2/c14-12-5-3-11(4-6-12)10-17(15)9-7-13-2-1-8-16-13/h1-9H,10H2/b9-7+. The van der Waals surface area contributed by atoms with Gasteiger partial charge in [0, 0.05) is 21.5 Å². The minimum atomic E-state index is -0.979. The Morgan fingerprint density at radius 1 is 1.24 bits per heavy atom. The molecule has 0 radical (unpaired) electrons. The van der Waals surface area contributed by atoms with Crippen molar-refractivity contribution in [3.63, 3.8) is 0 Å². The summed E-state index contributed by atoms with van der Waals surface area (Å²) in [5, 5.41) is 4.44. The van der Waals surface area contributed by atoms with Gasteiger partial charge in [-0.15, -0.1) is 11.3 Å². The summed E-state index contributed by atoms with van der Waals surface area (Å²) in [4.78, 5) is 1.12. The summed E-state index contributed by atoms with van der Waals surface area (Å²) in [5.74, 6) is 0.527. The predicted octanol–water partition coefficient (Wildman–Crippen LogP) is 4.32. The lowest BCUT2D eigenvalue weighted by Gasteiger charge is -2.05. The maximum atomic E-state index is 11.8. The Balaban J connectivity index is 1.93. The van der Waals surface area contributed by atoms with Gasteiger partial charge in [0.1, 0.15) is 11.2 Å². The molecule has 1 nitrogen and oxygen atoms in total. The minimum absolute atomic E-state index is 0.527. The Kier molecular flexibility index (Phi) is 4.68. The van der Waals surface area contributed by atoms with E-state index in [9.17, 15) is 4.55 Å². The zero-order valence-electron chi connectivity index (χ0n) is 9.01. The van der Waals surface area contributed by atoms with E-state index in [4.69, 9.17) is 11.6 Å². The molecule has 1 atom stereocenters. The van der Waals surface area contributed by atoms with Gasteiger partial charge >= 0.3 is 0 Å². The third-order valence-electron chi connectivity index (χ3n) is 2.15. The molecule has 0 aliphatic heterocycles. The summed E-state index contributed by atoms with van der Waals surface area (Å²) < 4.78 is 11.8. The van der Waals surface area contributed by atoms with E-state index in [1.54, 1.807) is 16.7 Å². The van der Waals surface area contributed by atoms with Crippen molar-refractivity contribution in [1.82, 2.24) is 0 Å². The van der Waals surface area contributed by atoms with Crippen LogP contribution in [0.1, 0.15) is 10.4 Å². The average Bonchev–Trinajstić information content (AvgIpc) is 2.83. The van der Waals surface area contributed by atoms with E-state index in [0.29, 0.717) is 10.8 Å². The first-order valence-corrected chi connectivity index (χ1v) is 7.71. The first-order chi connectivity index (χ1) is 8.24. The smallest absolute Gasteiger partial charge is 0.135 e. The van der Waals surface area contributed by atoms with Crippen LogP contribution in [0.2, 0.25) is 5.02 Å². The maximum absolute atomic E-state index is 11.8. The van der Waals surface area contributed by atoms with E-state index in [-0.39, 0.29) is 0 Å². The molecule has 88 valence electrons. The zero-order valence-corrected chi connectivity index (χ0v) is 11.4. The van der Waals surface area contributed by atoms with Crippen LogP contribution in [0, 0.1) is 0 Å². The van der Waals surface area contributed by atoms with Crippen molar-refractivity contribution >= 4 is 40.2 Å². The fraction of sp³-hybridized carbons (Fsp3) is 0.0769. The molecule has 0 fully saturated rings. The average molecular weight is 283 g/mol. The quantitative estimate of drug-likeness (QED) is 0.766. The van der Waals surface area contributed by atoms with Crippen LogP contribution in [0.3, 0.4) is 0 Å². The largest absolute Gasteiger partial charge is 0.612 e. The van der Waals surface area contributed by atoms with E-state index in [0.717, 1.165) is 10.4 Å². The van der Waals surface area contributed by atoms with Gasteiger partial charge in [-0.3, -0.25) is 0 Å². The molecule has 0 aliphatic rings. The molecule has 1 aromatic carbocycles. The molecule has 0 spiro atoms. The number of hydrogen-bond acceptors (Lipinski definition) is 2. The lowest BCUT2D eigenvalue weighted by atomic mass is 10.2. The molecule has 4 heteroatoms. The Hall–Kier alpha value is -0.740. The molecule has 1 aromatic heterocycles. The summed E-state index contributed by atoms with van der Waals surface area (Å²) in [7, 11) is 0. The van der Waals surface area contributed by atoms with Gasteiger partial charge < -0.3 is 4.55 Å². The van der Waals surface area contributed by atoms with Gasteiger partial charge in [0.2, 0.25) is 0 Å². The third-order valence-corrected chi connectivity index (χ3v) is 4.30. The third kappa shape index (κ3) is 4.21. The second-order valence-electron chi connectivity index (χ2n) is 3.47. The topological polar surface area (TPSA) is 23.1 Å². The second-order valence-corrected chi connectivity index (χ2v) is 6.21. The molecule has 17 heavy (non-hydrogen) atoms. The molecule has 0 N–H and O–H groups in total. The van der Waals surface area contributed by atoms with Crippen molar-refractivity contribution < 1.29 is 4.55 Å². The van der Waals surface area contributed by atoms with Gasteiger partial charge in [-0.05, 0) is 34.8 Å². The number of halogens is 1. The van der Waals surface area contributed by atoms with Gasteiger partial charge in [0.15, 0.2) is 0 Å². The fourth-order valence-electron chi connectivity index (χ4n) is 1.32. The van der Waals surface area contributed by atoms with Crippen LogP contribution < -0.4 is 0 Å². The van der Waals surface area contributed by atoms with Crippen LogP contribution in [0.15, 0.2) is 47.2 Å². The van der Waals surface area contributed by atoms with Gasteiger partial charge in [-0.25, -0.2) is 0 Å². The summed E-state index contributed by atoms with van der Waals surface area (Å²) in [6.45, 7) is 0. The molecule has 0 bridgehead atoms. The summed E-state index contributed by atoms with van der Waals surface area (Å²) >= 11 is 6.44. The van der Waals surface area contributed by atoms with Crippen molar-refractivity contribution in [3.05, 3.63) is 62.6 Å². The Morgan fingerprint density at radius 2 is 2.00 bits per heavy atom. The zero-order chi connectivity index (χ0) is 12.1. The molecule has 1 heterocycles. The normalized spacial score (nSPS) is 13.1. The number of rotatable bonds is 4. The highest BCUT2D eigenvalue weighted by atomic mass is 35.5. The monoisotopic (exact) mass is 282 g/mol. The summed E-state index contributed by atoms with van der Waals surface area (Å²) in [6.07, 6.45) is 1.90. The van der Waals surface area contributed by atoms with Gasteiger partial charge in [-0.1, -0.05) is 29.8 Å². The van der Waals surface area contributed by atoms with Gasteiger partial charge in [-0.2, -0.15) is 0 Å². The van der Waals surface area contributed by atoms with Crippen LogP contribution in [-0.2, 0) is 16.9 Å². The van der Waals surface area contributed by atoms with Crippen LogP contribution >= 0.6 is 22.9 Å². The lowest BCUT2D eigenvalue weighted by Crippen LogP contribution is -1.99. The Bertz CT molecular complexity index is 477. The molecule has 0 aliphatic carbocycles. The van der Waals surface area contributed by atoms with Crippen molar-refractivity contribution in [3.8, 4) is 0 Å². The van der Waals surface area contributed by atoms with Crippen molar-refractivity contribution in [2.45, 2.75) is 5.75 Å². The number of hydrogen-bond donors (Lipinski definition) is 0. The summed E-state index contributed by atoms with van der Waals surface area (Å²) in [5.41, 5.74) is 1.03. The first-order valence-electron chi connectivity index (χ1n) is 5.07. The van der Waals surface area contributed by atoms with E-state index in [1.807, 2.05) is 47.9 Å². The summed E-state index contributed by atoms with van der Waals surface area (Å²) in [6, 6.07) is 11.4. The molecular weight excluding hydrogens is 272 g/mol. The second kappa shape index (κ2) is 6.26. The number of thiophene rings is 1. The maximum Gasteiger partial charge on any atom is 0.135 e. The van der Waals surface area contributed by atoms with E-state index >= 15 is 0 Å².